The van der Waals surface area contributed by atoms with Gasteiger partial charge in [-0.1, -0.05) is 39.8 Å². The smallest absolute Gasteiger partial charge is 0.302 e. The van der Waals surface area contributed by atoms with Gasteiger partial charge in [-0.15, -0.1) is 0 Å². The molecule has 98 valence electrons. The first-order chi connectivity index (χ1) is 8.22. The highest BCUT2D eigenvalue weighted by Gasteiger charge is 1.95. The maximum atomic E-state index is 10.5. The molecule has 1 aromatic rings. The molecule has 0 radical (unpaired) electrons. The van der Waals surface area contributed by atoms with Gasteiger partial charge in [0.05, 0.1) is 0 Å². The Hall–Kier alpha value is -1.51. The average molecular weight is 239 g/mol. The van der Waals surface area contributed by atoms with Gasteiger partial charge in [-0.2, -0.15) is 0 Å². The van der Waals surface area contributed by atoms with Crippen molar-refractivity contribution in [1.82, 2.24) is 0 Å². The molecule has 3 nitrogen and oxygen atoms in total. The van der Waals surface area contributed by atoms with E-state index in [9.17, 15) is 4.79 Å². The molecule has 0 atom stereocenters. The zero-order valence-corrected chi connectivity index (χ0v) is 11.8. The molecular formula is C14H25NO2. The third kappa shape index (κ3) is 9.42. The van der Waals surface area contributed by atoms with E-state index in [2.05, 4.69) is 5.32 Å². The fraction of sp³-hybridized carbons (Fsp3) is 0.500. The van der Waals surface area contributed by atoms with Crippen LogP contribution in [0.3, 0.4) is 0 Å². The van der Waals surface area contributed by atoms with Crippen LogP contribution in [0.15, 0.2) is 24.3 Å². The Balaban J connectivity index is 0. The molecule has 17 heavy (non-hydrogen) atoms. The maximum Gasteiger partial charge on any atom is 0.302 e. The second kappa shape index (κ2) is 12.6. The number of hydrogen-bond donors (Lipinski definition) is 1. The Morgan fingerprint density at radius 1 is 1.12 bits per heavy atom. The van der Waals surface area contributed by atoms with Crippen molar-refractivity contribution in [2.75, 3.05) is 12.4 Å². The Morgan fingerprint density at radius 2 is 1.59 bits per heavy atom. The lowest BCUT2D eigenvalue weighted by molar-refractivity contribution is -0.142. The van der Waals surface area contributed by atoms with Crippen molar-refractivity contribution in [2.45, 2.75) is 41.2 Å². The van der Waals surface area contributed by atoms with Crippen LogP contribution in [0.4, 0.5) is 5.69 Å². The predicted molar refractivity (Wildman–Crippen MR) is 74.2 cm³/mol. The van der Waals surface area contributed by atoms with E-state index in [1.54, 1.807) is 0 Å². The normalized spacial score (nSPS) is 7.88. The SMILES string of the molecule is CC.CC.CNc1ccc(COC(C)=O)cc1. The molecule has 0 saturated carbocycles. The molecule has 0 saturated heterocycles. The second-order valence-corrected chi connectivity index (χ2v) is 2.73. The number of benzene rings is 1. The Bertz CT molecular complexity index is 281. The molecule has 0 aliphatic heterocycles. The minimum atomic E-state index is -0.252. The topological polar surface area (TPSA) is 38.3 Å². The zero-order valence-electron chi connectivity index (χ0n) is 11.8. The van der Waals surface area contributed by atoms with Crippen LogP contribution in [0, 0.1) is 0 Å². The summed E-state index contributed by atoms with van der Waals surface area (Å²) in [6.45, 7) is 9.75. The second-order valence-electron chi connectivity index (χ2n) is 2.73. The van der Waals surface area contributed by atoms with Gasteiger partial charge < -0.3 is 10.1 Å². The quantitative estimate of drug-likeness (QED) is 0.814. The van der Waals surface area contributed by atoms with Gasteiger partial charge in [0.15, 0.2) is 0 Å². The van der Waals surface area contributed by atoms with E-state index < -0.39 is 0 Å². The summed E-state index contributed by atoms with van der Waals surface area (Å²) >= 11 is 0. The van der Waals surface area contributed by atoms with Crippen LogP contribution in [0.25, 0.3) is 0 Å². The predicted octanol–water partition coefficient (Wildman–Crippen LogP) is 3.84. The molecule has 0 aliphatic rings. The van der Waals surface area contributed by atoms with Crippen molar-refractivity contribution in [1.29, 1.82) is 0 Å². The van der Waals surface area contributed by atoms with E-state index >= 15 is 0 Å². The summed E-state index contributed by atoms with van der Waals surface area (Å²) in [6, 6.07) is 7.74. The van der Waals surface area contributed by atoms with Gasteiger partial charge in [-0.05, 0) is 17.7 Å². The number of ether oxygens (including phenoxy) is 1. The van der Waals surface area contributed by atoms with Crippen LogP contribution in [-0.4, -0.2) is 13.0 Å². The van der Waals surface area contributed by atoms with Crippen LogP contribution < -0.4 is 5.32 Å². The number of esters is 1. The van der Waals surface area contributed by atoms with Crippen molar-refractivity contribution in [3.63, 3.8) is 0 Å². The third-order valence-corrected chi connectivity index (χ3v) is 1.68. The number of carbonyl (C=O) groups excluding carboxylic acids is 1. The first-order valence-electron chi connectivity index (χ1n) is 6.12. The van der Waals surface area contributed by atoms with Crippen LogP contribution >= 0.6 is 0 Å². The van der Waals surface area contributed by atoms with Gasteiger partial charge in [0, 0.05) is 19.7 Å². The monoisotopic (exact) mass is 239 g/mol. The highest BCUT2D eigenvalue weighted by molar-refractivity contribution is 5.65. The molecule has 0 aliphatic carbocycles. The van der Waals surface area contributed by atoms with Crippen LogP contribution in [-0.2, 0) is 16.1 Å². The number of nitrogens with one attached hydrogen (secondary N) is 1. The number of hydrogen-bond acceptors (Lipinski definition) is 3. The van der Waals surface area contributed by atoms with Crippen molar-refractivity contribution < 1.29 is 9.53 Å². The fourth-order valence-electron chi connectivity index (χ4n) is 0.953. The largest absolute Gasteiger partial charge is 0.461 e. The summed E-state index contributed by atoms with van der Waals surface area (Å²) < 4.78 is 4.84. The lowest BCUT2D eigenvalue weighted by Crippen LogP contribution is -1.98. The Morgan fingerprint density at radius 3 is 1.94 bits per heavy atom. The Kier molecular flexibility index (Phi) is 13.2. The van der Waals surface area contributed by atoms with Gasteiger partial charge >= 0.3 is 5.97 Å². The Labute approximate surface area is 105 Å². The molecule has 0 spiro atoms. The maximum absolute atomic E-state index is 10.5. The molecule has 1 aromatic carbocycles. The number of carbonyl (C=O) groups is 1. The van der Waals surface area contributed by atoms with Crippen molar-refractivity contribution in [2.24, 2.45) is 0 Å². The van der Waals surface area contributed by atoms with E-state index in [1.165, 1.54) is 6.92 Å². The van der Waals surface area contributed by atoms with E-state index in [-0.39, 0.29) is 5.97 Å². The molecule has 0 aromatic heterocycles. The van der Waals surface area contributed by atoms with E-state index in [1.807, 2.05) is 59.0 Å². The van der Waals surface area contributed by atoms with Crippen molar-refractivity contribution in [3.05, 3.63) is 29.8 Å². The summed E-state index contributed by atoms with van der Waals surface area (Å²) in [6.07, 6.45) is 0. The number of anilines is 1. The molecule has 0 heterocycles. The summed E-state index contributed by atoms with van der Waals surface area (Å²) in [5.41, 5.74) is 2.04. The van der Waals surface area contributed by atoms with Crippen LogP contribution in [0.2, 0.25) is 0 Å². The summed E-state index contributed by atoms with van der Waals surface area (Å²) in [5, 5.41) is 3.01. The lowest BCUT2D eigenvalue weighted by atomic mass is 10.2. The highest BCUT2D eigenvalue weighted by atomic mass is 16.5. The van der Waals surface area contributed by atoms with Gasteiger partial charge in [0.1, 0.15) is 6.61 Å². The van der Waals surface area contributed by atoms with Gasteiger partial charge in [0.2, 0.25) is 0 Å². The average Bonchev–Trinajstić information content (AvgIpc) is 2.41. The zero-order chi connectivity index (χ0) is 13.7. The van der Waals surface area contributed by atoms with Crippen molar-refractivity contribution in [3.8, 4) is 0 Å². The first kappa shape index (κ1) is 17.9. The van der Waals surface area contributed by atoms with E-state index in [0.29, 0.717) is 6.61 Å². The van der Waals surface area contributed by atoms with Gasteiger partial charge in [-0.25, -0.2) is 0 Å². The molecule has 1 N–H and O–H groups in total. The minimum absolute atomic E-state index is 0.252. The van der Waals surface area contributed by atoms with Crippen LogP contribution in [0.1, 0.15) is 40.2 Å². The van der Waals surface area contributed by atoms with E-state index in [0.717, 1.165) is 11.3 Å². The molecule has 0 bridgehead atoms. The van der Waals surface area contributed by atoms with Crippen LogP contribution in [0.5, 0.6) is 0 Å². The summed E-state index contributed by atoms with van der Waals surface area (Å²) in [5.74, 6) is -0.252. The van der Waals surface area contributed by atoms with Gasteiger partial charge in [-0.3, -0.25) is 4.79 Å². The molecule has 1 rings (SSSR count). The molecule has 0 fully saturated rings. The standard InChI is InChI=1S/C10H13NO2.2C2H6/c1-8(12)13-7-9-3-5-10(11-2)6-4-9;2*1-2/h3-6,11H,7H2,1-2H3;2*1-2H3. The summed E-state index contributed by atoms with van der Waals surface area (Å²) in [4.78, 5) is 10.5. The van der Waals surface area contributed by atoms with Crippen molar-refractivity contribution >= 4 is 11.7 Å². The molecule has 0 amide bonds. The highest BCUT2D eigenvalue weighted by Crippen LogP contribution is 2.09. The fourth-order valence-corrected chi connectivity index (χ4v) is 0.953. The minimum Gasteiger partial charge on any atom is -0.461 e. The van der Waals surface area contributed by atoms with Gasteiger partial charge in [0.25, 0.3) is 0 Å². The van der Waals surface area contributed by atoms with E-state index in [4.69, 9.17) is 4.74 Å². The lowest BCUT2D eigenvalue weighted by Gasteiger charge is -2.03. The first-order valence-corrected chi connectivity index (χ1v) is 6.12. The molecule has 0 unspecified atom stereocenters. The summed E-state index contributed by atoms with van der Waals surface area (Å²) in [7, 11) is 1.86. The number of rotatable bonds is 3. The third-order valence-electron chi connectivity index (χ3n) is 1.68. The molecular weight excluding hydrogens is 214 g/mol. The molecule has 3 heteroatoms.